The Morgan fingerprint density at radius 3 is 2.55 bits per heavy atom. The quantitative estimate of drug-likeness (QED) is 0.462. The highest BCUT2D eigenvalue weighted by Crippen LogP contribution is 2.26. The molecule has 4 rings (SSSR count). The summed E-state index contributed by atoms with van der Waals surface area (Å²) >= 11 is 0. The molecule has 8 nitrogen and oxygen atoms in total. The molecule has 0 radical (unpaired) electrons. The molecule has 0 aliphatic heterocycles. The van der Waals surface area contributed by atoms with Gasteiger partial charge in [-0.2, -0.15) is 0 Å². The summed E-state index contributed by atoms with van der Waals surface area (Å²) in [5.41, 5.74) is -0.246. The molecule has 0 saturated heterocycles. The third kappa shape index (κ3) is 4.85. The van der Waals surface area contributed by atoms with Gasteiger partial charge in [0.15, 0.2) is 11.6 Å². The van der Waals surface area contributed by atoms with E-state index in [9.17, 15) is 18.4 Å². The second-order valence-electron chi connectivity index (χ2n) is 6.77. The normalized spacial score (nSPS) is 10.5. The van der Waals surface area contributed by atoms with E-state index in [1.165, 1.54) is 71.7 Å². The third-order valence-corrected chi connectivity index (χ3v) is 4.60. The van der Waals surface area contributed by atoms with Gasteiger partial charge in [0.05, 0.1) is 0 Å². The van der Waals surface area contributed by atoms with E-state index < -0.39 is 23.1 Å². The Kier molecular flexibility index (Phi) is 6.07. The lowest BCUT2D eigenvalue weighted by atomic mass is 10.2. The molecule has 2 aromatic heterocycles. The van der Waals surface area contributed by atoms with E-state index in [1.54, 1.807) is 7.05 Å². The van der Waals surface area contributed by atoms with Crippen LogP contribution in [0.25, 0.3) is 5.69 Å². The number of amides is 1. The van der Waals surface area contributed by atoms with Gasteiger partial charge in [-0.05, 0) is 48.5 Å². The smallest absolute Gasteiger partial charge is 0.267 e. The van der Waals surface area contributed by atoms with Gasteiger partial charge >= 0.3 is 0 Å². The first-order valence-corrected chi connectivity index (χ1v) is 9.71. The summed E-state index contributed by atoms with van der Waals surface area (Å²) in [7, 11) is 1.67. The lowest BCUT2D eigenvalue weighted by Gasteiger charge is -2.10. The highest BCUT2D eigenvalue weighted by molar-refractivity contribution is 6.04. The SMILES string of the molecule is CNc1cc(Oc2ccc(NC(=O)c3cccn(-c4ccc(F)cc4)c3=O)cc2F)ncn1. The minimum Gasteiger partial charge on any atom is -0.436 e. The molecule has 0 aliphatic carbocycles. The van der Waals surface area contributed by atoms with Gasteiger partial charge < -0.3 is 15.4 Å². The van der Waals surface area contributed by atoms with Crippen molar-refractivity contribution < 1.29 is 18.3 Å². The van der Waals surface area contributed by atoms with Crippen LogP contribution in [-0.4, -0.2) is 27.5 Å². The second-order valence-corrected chi connectivity index (χ2v) is 6.77. The molecule has 0 aliphatic rings. The van der Waals surface area contributed by atoms with Crippen molar-refractivity contribution in [3.05, 3.63) is 101 Å². The van der Waals surface area contributed by atoms with Crippen molar-refractivity contribution in [3.8, 4) is 17.3 Å². The van der Waals surface area contributed by atoms with E-state index >= 15 is 0 Å². The van der Waals surface area contributed by atoms with Crippen molar-refractivity contribution in [2.45, 2.75) is 0 Å². The standard InChI is InChI=1S/C23H17F2N5O3/c1-26-20-12-21(28-13-27-20)33-19-9-6-15(11-18(19)25)29-22(31)17-3-2-10-30(23(17)32)16-7-4-14(24)5-8-16/h2-13H,1H3,(H,29,31)(H,26,27,28). The van der Waals surface area contributed by atoms with Gasteiger partial charge in [-0.1, -0.05) is 0 Å². The van der Waals surface area contributed by atoms with Gasteiger partial charge in [-0.25, -0.2) is 18.7 Å². The number of hydrogen-bond donors (Lipinski definition) is 2. The van der Waals surface area contributed by atoms with Crippen LogP contribution in [0.3, 0.4) is 0 Å². The number of benzene rings is 2. The molecule has 0 saturated carbocycles. The molecule has 2 N–H and O–H groups in total. The Hall–Kier alpha value is -4.60. The van der Waals surface area contributed by atoms with E-state index in [0.29, 0.717) is 11.5 Å². The maximum absolute atomic E-state index is 14.5. The number of nitrogens with zero attached hydrogens (tertiary/aromatic N) is 3. The van der Waals surface area contributed by atoms with Crippen LogP contribution in [0, 0.1) is 11.6 Å². The molecular formula is C23H17F2N5O3. The van der Waals surface area contributed by atoms with Crippen molar-refractivity contribution in [2.75, 3.05) is 17.7 Å². The Morgan fingerprint density at radius 1 is 1.03 bits per heavy atom. The lowest BCUT2D eigenvalue weighted by molar-refractivity contribution is 0.102. The van der Waals surface area contributed by atoms with E-state index in [4.69, 9.17) is 4.74 Å². The predicted octanol–water partition coefficient (Wildman–Crippen LogP) is 3.99. The topological polar surface area (TPSA) is 98.1 Å². The first-order valence-electron chi connectivity index (χ1n) is 9.71. The summed E-state index contributed by atoms with van der Waals surface area (Å²) in [4.78, 5) is 33.3. The van der Waals surface area contributed by atoms with Crippen molar-refractivity contribution in [1.82, 2.24) is 14.5 Å². The fraction of sp³-hybridized carbons (Fsp3) is 0.0435. The summed E-state index contributed by atoms with van der Waals surface area (Å²) in [6.45, 7) is 0. The maximum Gasteiger partial charge on any atom is 0.267 e. The predicted molar refractivity (Wildman–Crippen MR) is 118 cm³/mol. The zero-order chi connectivity index (χ0) is 23.4. The fourth-order valence-electron chi connectivity index (χ4n) is 2.98. The van der Waals surface area contributed by atoms with Gasteiger partial charge in [-0.3, -0.25) is 14.2 Å². The summed E-state index contributed by atoms with van der Waals surface area (Å²) in [6.07, 6.45) is 2.73. The van der Waals surface area contributed by atoms with E-state index in [2.05, 4.69) is 20.6 Å². The largest absolute Gasteiger partial charge is 0.436 e. The highest BCUT2D eigenvalue weighted by Gasteiger charge is 2.15. The number of nitrogens with one attached hydrogen (secondary N) is 2. The van der Waals surface area contributed by atoms with Crippen LogP contribution < -0.4 is 20.9 Å². The van der Waals surface area contributed by atoms with E-state index in [0.717, 1.165) is 6.07 Å². The molecule has 2 aromatic carbocycles. The number of rotatable bonds is 6. The Balaban J connectivity index is 1.53. The van der Waals surface area contributed by atoms with Crippen LogP contribution in [-0.2, 0) is 0 Å². The van der Waals surface area contributed by atoms with Gasteiger partial charge in [0, 0.05) is 36.8 Å². The number of pyridine rings is 1. The number of aromatic nitrogens is 3. The third-order valence-electron chi connectivity index (χ3n) is 4.60. The molecule has 0 unspecified atom stereocenters. The van der Waals surface area contributed by atoms with Crippen molar-refractivity contribution in [1.29, 1.82) is 0 Å². The molecule has 0 spiro atoms. The number of halogens is 2. The molecule has 0 fully saturated rings. The zero-order valence-electron chi connectivity index (χ0n) is 17.3. The van der Waals surface area contributed by atoms with Gasteiger partial charge in [0.2, 0.25) is 5.88 Å². The molecular weight excluding hydrogens is 432 g/mol. The van der Waals surface area contributed by atoms with Crippen LogP contribution >= 0.6 is 0 Å². The highest BCUT2D eigenvalue weighted by atomic mass is 19.1. The number of carbonyl (C=O) groups is 1. The Morgan fingerprint density at radius 2 is 1.82 bits per heavy atom. The second kappa shape index (κ2) is 9.27. The number of ether oxygens (including phenoxy) is 1. The van der Waals surface area contributed by atoms with Crippen LogP contribution in [0.4, 0.5) is 20.3 Å². The first kappa shape index (κ1) is 21.6. The van der Waals surface area contributed by atoms with E-state index in [1.807, 2.05) is 0 Å². The maximum atomic E-state index is 14.5. The lowest BCUT2D eigenvalue weighted by Crippen LogP contribution is -2.27. The van der Waals surface area contributed by atoms with Crippen LogP contribution in [0.1, 0.15) is 10.4 Å². The average molecular weight is 449 g/mol. The summed E-state index contributed by atoms with van der Waals surface area (Å²) in [6, 6.07) is 13.4. The summed E-state index contributed by atoms with van der Waals surface area (Å²) in [5, 5.41) is 5.31. The minimum absolute atomic E-state index is 0.105. The van der Waals surface area contributed by atoms with Crippen LogP contribution in [0.5, 0.6) is 11.6 Å². The fourth-order valence-corrected chi connectivity index (χ4v) is 2.98. The number of hydrogen-bond acceptors (Lipinski definition) is 6. The van der Waals surface area contributed by atoms with Gasteiger partial charge in [0.25, 0.3) is 11.5 Å². The summed E-state index contributed by atoms with van der Waals surface area (Å²) in [5.74, 6) is -1.38. The molecule has 33 heavy (non-hydrogen) atoms. The number of anilines is 2. The summed E-state index contributed by atoms with van der Waals surface area (Å²) < 4.78 is 34.4. The number of carbonyl (C=O) groups excluding carboxylic acids is 1. The van der Waals surface area contributed by atoms with Crippen molar-refractivity contribution in [2.24, 2.45) is 0 Å². The molecule has 10 heteroatoms. The minimum atomic E-state index is -0.741. The Labute approximate surface area is 186 Å². The molecule has 4 aromatic rings. The molecule has 0 atom stereocenters. The average Bonchev–Trinajstić information content (AvgIpc) is 2.82. The van der Waals surface area contributed by atoms with Crippen molar-refractivity contribution in [3.63, 3.8) is 0 Å². The molecule has 0 bridgehead atoms. The first-order chi connectivity index (χ1) is 15.9. The van der Waals surface area contributed by atoms with Gasteiger partial charge in [-0.15, -0.1) is 0 Å². The van der Waals surface area contributed by atoms with Crippen molar-refractivity contribution >= 4 is 17.4 Å². The monoisotopic (exact) mass is 449 g/mol. The van der Waals surface area contributed by atoms with Crippen LogP contribution in [0.15, 0.2) is 78.0 Å². The molecule has 1 amide bonds. The zero-order valence-corrected chi connectivity index (χ0v) is 17.3. The van der Waals surface area contributed by atoms with Gasteiger partial charge in [0.1, 0.15) is 23.5 Å². The Bertz CT molecular complexity index is 1370. The van der Waals surface area contributed by atoms with E-state index in [-0.39, 0.29) is 22.9 Å². The van der Waals surface area contributed by atoms with Crippen LogP contribution in [0.2, 0.25) is 0 Å². The molecule has 2 heterocycles. The molecule has 166 valence electrons.